The first-order chi connectivity index (χ1) is 10.7. The van der Waals surface area contributed by atoms with Gasteiger partial charge in [-0.3, -0.25) is 0 Å². The Balaban J connectivity index is 2.10. The Labute approximate surface area is 131 Å². The van der Waals surface area contributed by atoms with Crippen molar-refractivity contribution in [2.75, 3.05) is 6.54 Å². The van der Waals surface area contributed by atoms with Gasteiger partial charge < -0.3 is 10.3 Å². The van der Waals surface area contributed by atoms with Crippen molar-refractivity contribution in [2.45, 2.75) is 33.2 Å². The van der Waals surface area contributed by atoms with Crippen molar-refractivity contribution in [3.05, 3.63) is 53.6 Å². The summed E-state index contributed by atoms with van der Waals surface area (Å²) in [6.45, 7) is 6.00. The molecule has 3 aromatic rings. The first-order valence-electron chi connectivity index (χ1n) is 7.93. The van der Waals surface area contributed by atoms with Crippen molar-refractivity contribution in [3.63, 3.8) is 0 Å². The lowest BCUT2D eigenvalue weighted by Crippen LogP contribution is -2.04. The van der Waals surface area contributed by atoms with Crippen molar-refractivity contribution in [1.82, 2.24) is 9.55 Å². The van der Waals surface area contributed by atoms with Gasteiger partial charge in [-0.05, 0) is 62.6 Å². The summed E-state index contributed by atoms with van der Waals surface area (Å²) >= 11 is 0. The van der Waals surface area contributed by atoms with Crippen LogP contribution in [0.5, 0.6) is 0 Å². The average Bonchev–Trinajstić information content (AvgIpc) is 2.89. The van der Waals surface area contributed by atoms with E-state index in [9.17, 15) is 0 Å². The highest BCUT2D eigenvalue weighted by Gasteiger charge is 2.12. The van der Waals surface area contributed by atoms with E-state index in [1.807, 2.05) is 6.07 Å². The number of nitrogens with two attached hydrogens (primary N) is 1. The molecule has 1 aromatic heterocycles. The molecule has 3 rings (SSSR count). The molecule has 0 amide bonds. The summed E-state index contributed by atoms with van der Waals surface area (Å²) < 4.78 is 2.33. The highest BCUT2D eigenvalue weighted by Crippen LogP contribution is 2.26. The zero-order valence-electron chi connectivity index (χ0n) is 13.3. The molecular formula is C19H23N3. The van der Waals surface area contributed by atoms with Gasteiger partial charge in [0.1, 0.15) is 5.82 Å². The molecule has 114 valence electrons. The lowest BCUT2D eigenvalue weighted by atomic mass is 10.1. The maximum atomic E-state index is 5.64. The van der Waals surface area contributed by atoms with Gasteiger partial charge in [-0.2, -0.15) is 0 Å². The lowest BCUT2D eigenvalue weighted by molar-refractivity contribution is 0.631. The van der Waals surface area contributed by atoms with Gasteiger partial charge in [0, 0.05) is 12.1 Å². The smallest absolute Gasteiger partial charge is 0.141 e. The van der Waals surface area contributed by atoms with E-state index < -0.39 is 0 Å². The molecule has 2 aromatic carbocycles. The van der Waals surface area contributed by atoms with Crippen LogP contribution in [0, 0.1) is 13.8 Å². The quantitative estimate of drug-likeness (QED) is 0.721. The molecule has 0 aliphatic carbocycles. The number of hydrogen-bond donors (Lipinski definition) is 1. The minimum absolute atomic E-state index is 0.742. The van der Waals surface area contributed by atoms with Crippen LogP contribution in [-0.4, -0.2) is 16.1 Å². The van der Waals surface area contributed by atoms with Crippen LogP contribution < -0.4 is 5.73 Å². The van der Waals surface area contributed by atoms with E-state index in [-0.39, 0.29) is 0 Å². The molecule has 0 fully saturated rings. The number of fused-ring (bicyclic) bond motifs is 1. The molecule has 0 radical (unpaired) electrons. The number of unbranched alkanes of at least 4 members (excludes halogenated alkanes) is 1. The second-order valence-corrected chi connectivity index (χ2v) is 5.87. The first-order valence-corrected chi connectivity index (χ1v) is 7.93. The molecule has 0 aliphatic rings. The van der Waals surface area contributed by atoms with E-state index in [2.05, 4.69) is 54.8 Å². The third-order valence-electron chi connectivity index (χ3n) is 4.26. The van der Waals surface area contributed by atoms with Gasteiger partial charge in [-0.25, -0.2) is 4.98 Å². The molecule has 0 bridgehead atoms. The van der Waals surface area contributed by atoms with Crippen molar-refractivity contribution in [2.24, 2.45) is 5.73 Å². The first kappa shape index (κ1) is 14.8. The molecule has 2 N–H and O–H groups in total. The monoisotopic (exact) mass is 293 g/mol. The summed E-state index contributed by atoms with van der Waals surface area (Å²) in [6, 6.07) is 14.9. The lowest BCUT2D eigenvalue weighted by Gasteiger charge is -2.10. The van der Waals surface area contributed by atoms with Crippen LogP contribution in [0.3, 0.4) is 0 Å². The third-order valence-corrected chi connectivity index (χ3v) is 4.26. The molecule has 0 saturated carbocycles. The van der Waals surface area contributed by atoms with Gasteiger partial charge in [0.25, 0.3) is 0 Å². The highest BCUT2D eigenvalue weighted by atomic mass is 15.1. The van der Waals surface area contributed by atoms with Crippen LogP contribution in [0.1, 0.15) is 24.0 Å². The van der Waals surface area contributed by atoms with Crippen LogP contribution in [0.25, 0.3) is 22.4 Å². The number of benzene rings is 2. The Morgan fingerprint density at radius 1 is 1.00 bits per heavy atom. The number of para-hydroxylation sites is 2. The van der Waals surface area contributed by atoms with E-state index in [0.717, 1.165) is 37.3 Å². The van der Waals surface area contributed by atoms with Gasteiger partial charge >= 0.3 is 0 Å². The SMILES string of the molecule is Cc1ccc(-c2nc3ccccc3n2CCCCN)cc1C. The predicted molar refractivity (Wildman–Crippen MR) is 92.9 cm³/mol. The maximum absolute atomic E-state index is 5.64. The van der Waals surface area contributed by atoms with E-state index in [1.165, 1.54) is 22.2 Å². The Kier molecular flexibility index (Phi) is 4.25. The number of imidazole rings is 1. The second-order valence-electron chi connectivity index (χ2n) is 5.87. The zero-order valence-corrected chi connectivity index (χ0v) is 13.3. The third kappa shape index (κ3) is 2.77. The van der Waals surface area contributed by atoms with Gasteiger partial charge in [-0.15, -0.1) is 0 Å². The fourth-order valence-corrected chi connectivity index (χ4v) is 2.82. The minimum Gasteiger partial charge on any atom is -0.330 e. The van der Waals surface area contributed by atoms with Gasteiger partial charge in [-0.1, -0.05) is 24.3 Å². The number of nitrogens with zero attached hydrogens (tertiary/aromatic N) is 2. The summed E-state index contributed by atoms with van der Waals surface area (Å²) in [6.07, 6.45) is 2.12. The summed E-state index contributed by atoms with van der Waals surface area (Å²) in [4.78, 5) is 4.86. The fourth-order valence-electron chi connectivity index (χ4n) is 2.82. The van der Waals surface area contributed by atoms with Crippen molar-refractivity contribution >= 4 is 11.0 Å². The average molecular weight is 293 g/mol. The van der Waals surface area contributed by atoms with Gasteiger partial charge in [0.15, 0.2) is 0 Å². The van der Waals surface area contributed by atoms with Crippen LogP contribution in [0.2, 0.25) is 0 Å². The molecule has 0 spiro atoms. The molecule has 22 heavy (non-hydrogen) atoms. The van der Waals surface area contributed by atoms with Crippen LogP contribution in [0.15, 0.2) is 42.5 Å². The molecule has 0 aliphatic heterocycles. The fraction of sp³-hybridized carbons (Fsp3) is 0.316. The molecule has 3 nitrogen and oxygen atoms in total. The number of hydrogen-bond acceptors (Lipinski definition) is 2. The molecule has 0 atom stereocenters. The highest BCUT2D eigenvalue weighted by molar-refractivity contribution is 5.80. The van der Waals surface area contributed by atoms with E-state index in [4.69, 9.17) is 10.7 Å². The molecule has 0 unspecified atom stereocenters. The summed E-state index contributed by atoms with van der Waals surface area (Å²) in [7, 11) is 0. The van der Waals surface area contributed by atoms with Gasteiger partial charge in [0.05, 0.1) is 11.0 Å². The Morgan fingerprint density at radius 3 is 2.59 bits per heavy atom. The van der Waals surface area contributed by atoms with E-state index in [1.54, 1.807) is 0 Å². The molecule has 3 heteroatoms. The number of rotatable bonds is 5. The maximum Gasteiger partial charge on any atom is 0.141 e. The van der Waals surface area contributed by atoms with Crippen LogP contribution in [0.4, 0.5) is 0 Å². The number of aromatic nitrogens is 2. The Hall–Kier alpha value is -2.13. The topological polar surface area (TPSA) is 43.8 Å². The summed E-state index contributed by atoms with van der Waals surface area (Å²) in [5.41, 5.74) is 11.7. The number of aryl methyl sites for hydroxylation is 3. The van der Waals surface area contributed by atoms with Crippen molar-refractivity contribution < 1.29 is 0 Å². The summed E-state index contributed by atoms with van der Waals surface area (Å²) in [5.74, 6) is 1.06. The van der Waals surface area contributed by atoms with Crippen molar-refractivity contribution in [3.8, 4) is 11.4 Å². The van der Waals surface area contributed by atoms with Crippen molar-refractivity contribution in [1.29, 1.82) is 0 Å². The minimum atomic E-state index is 0.742. The largest absolute Gasteiger partial charge is 0.330 e. The molecule has 1 heterocycles. The van der Waals surface area contributed by atoms with Crippen LogP contribution in [-0.2, 0) is 6.54 Å². The molecule has 0 saturated heterocycles. The zero-order chi connectivity index (χ0) is 15.5. The Morgan fingerprint density at radius 2 is 1.82 bits per heavy atom. The predicted octanol–water partition coefficient (Wildman–Crippen LogP) is 4.06. The van der Waals surface area contributed by atoms with E-state index in [0.29, 0.717) is 0 Å². The van der Waals surface area contributed by atoms with Gasteiger partial charge in [0.2, 0.25) is 0 Å². The Bertz CT molecular complexity index is 786. The summed E-state index contributed by atoms with van der Waals surface area (Å²) in [5, 5.41) is 0. The standard InChI is InChI=1S/C19H23N3/c1-14-9-10-16(13-15(14)2)19-21-17-7-3-4-8-18(17)22(19)12-6-5-11-20/h3-4,7-10,13H,5-6,11-12,20H2,1-2H3. The normalized spacial score (nSPS) is 11.2. The van der Waals surface area contributed by atoms with Crippen LogP contribution >= 0.6 is 0 Å². The van der Waals surface area contributed by atoms with E-state index >= 15 is 0 Å². The second kappa shape index (κ2) is 6.32. The molecular weight excluding hydrogens is 270 g/mol.